The lowest BCUT2D eigenvalue weighted by Crippen LogP contribution is -2.48. The Kier molecular flexibility index (Phi) is 5.33. The largest absolute Gasteiger partial charge is 0.296 e. The Labute approximate surface area is 150 Å². The molecule has 1 fully saturated rings. The molecule has 11 heteroatoms. The summed E-state index contributed by atoms with van der Waals surface area (Å²) in [7, 11) is -3.64. The van der Waals surface area contributed by atoms with Crippen LogP contribution in [0.2, 0.25) is 0 Å². The topological polar surface area (TPSA) is 40.6 Å². The van der Waals surface area contributed by atoms with Crippen LogP contribution < -0.4 is 0 Å². The van der Waals surface area contributed by atoms with Crippen LogP contribution in [-0.2, 0) is 16.6 Å². The second-order valence-electron chi connectivity index (χ2n) is 5.66. The normalized spacial score (nSPS) is 17.0. The molecule has 0 atom stereocenters. The van der Waals surface area contributed by atoms with Crippen LogP contribution in [0.15, 0.2) is 21.7 Å². The highest BCUT2D eigenvalue weighted by molar-refractivity contribution is 7.91. The van der Waals surface area contributed by atoms with Crippen LogP contribution in [0.3, 0.4) is 0 Å². The third-order valence-electron chi connectivity index (χ3n) is 4.10. The molecule has 0 unspecified atom stereocenters. The third kappa shape index (κ3) is 3.36. The van der Waals surface area contributed by atoms with Crippen molar-refractivity contribution in [3.63, 3.8) is 0 Å². The van der Waals surface area contributed by atoms with E-state index < -0.39 is 51.2 Å². The molecule has 0 saturated carbocycles. The maximum absolute atomic E-state index is 13.8. The van der Waals surface area contributed by atoms with E-state index in [-0.39, 0.29) is 30.4 Å². The van der Waals surface area contributed by atoms with Crippen molar-refractivity contribution in [1.29, 1.82) is 0 Å². The molecule has 26 heavy (non-hydrogen) atoms. The monoisotopic (exact) mass is 412 g/mol. The summed E-state index contributed by atoms with van der Waals surface area (Å²) >= 11 is 1.07. The summed E-state index contributed by atoms with van der Waals surface area (Å²) in [6.07, 6.45) is 0. The van der Waals surface area contributed by atoms with E-state index in [1.54, 1.807) is 11.4 Å². The van der Waals surface area contributed by atoms with Gasteiger partial charge in [0.25, 0.3) is 10.0 Å². The second-order valence-corrected chi connectivity index (χ2v) is 8.77. The first-order valence-electron chi connectivity index (χ1n) is 7.49. The second kappa shape index (κ2) is 7.22. The van der Waals surface area contributed by atoms with Gasteiger partial charge >= 0.3 is 0 Å². The molecule has 142 valence electrons. The van der Waals surface area contributed by atoms with Crippen LogP contribution in [0.4, 0.5) is 22.0 Å². The number of thiophene rings is 1. The Balaban J connectivity index is 1.73. The molecular weight excluding hydrogens is 399 g/mol. The number of hydrogen-bond acceptors (Lipinski definition) is 4. The minimum Gasteiger partial charge on any atom is -0.296 e. The average Bonchev–Trinajstić information content (AvgIpc) is 3.18. The predicted octanol–water partition coefficient (Wildman–Crippen LogP) is 2.95. The molecular formula is C15H13F5N2O2S2. The van der Waals surface area contributed by atoms with Gasteiger partial charge in [-0.05, 0) is 11.4 Å². The number of halogens is 5. The van der Waals surface area contributed by atoms with Crippen molar-refractivity contribution < 1.29 is 30.4 Å². The number of sulfonamides is 1. The SMILES string of the molecule is O=S(=O)(c1cccs1)N1CCN(Cc2c(F)c(F)c(F)c(F)c2F)CC1. The van der Waals surface area contributed by atoms with Gasteiger partial charge in [0.2, 0.25) is 5.82 Å². The van der Waals surface area contributed by atoms with Crippen LogP contribution in [0, 0.1) is 29.1 Å². The lowest BCUT2D eigenvalue weighted by molar-refractivity contribution is 0.176. The van der Waals surface area contributed by atoms with E-state index in [9.17, 15) is 30.4 Å². The van der Waals surface area contributed by atoms with Crippen molar-refractivity contribution in [3.05, 3.63) is 52.2 Å². The van der Waals surface area contributed by atoms with Gasteiger partial charge in [0.1, 0.15) is 4.21 Å². The molecule has 0 aliphatic carbocycles. The van der Waals surface area contributed by atoms with Gasteiger partial charge in [-0.3, -0.25) is 4.90 Å². The molecule has 1 aromatic carbocycles. The molecule has 1 aliphatic rings. The van der Waals surface area contributed by atoms with E-state index in [0.717, 1.165) is 11.3 Å². The molecule has 3 rings (SSSR count). The fraction of sp³-hybridized carbons (Fsp3) is 0.333. The Hall–Kier alpha value is -1.56. The first-order chi connectivity index (χ1) is 12.2. The fourth-order valence-corrected chi connectivity index (χ4v) is 5.25. The molecule has 2 aromatic rings. The van der Waals surface area contributed by atoms with Gasteiger partial charge in [-0.15, -0.1) is 11.3 Å². The molecule has 2 heterocycles. The summed E-state index contributed by atoms with van der Waals surface area (Å²) in [5.41, 5.74) is -0.920. The number of nitrogens with zero attached hydrogens (tertiary/aromatic N) is 2. The van der Waals surface area contributed by atoms with Crippen LogP contribution in [-0.4, -0.2) is 43.8 Å². The van der Waals surface area contributed by atoms with Crippen molar-refractivity contribution in [2.45, 2.75) is 10.8 Å². The first kappa shape index (κ1) is 19.2. The molecule has 0 radical (unpaired) electrons. The zero-order valence-electron chi connectivity index (χ0n) is 13.2. The standard InChI is InChI=1S/C15H13F5N2O2S2/c16-11-9(12(17)14(19)15(20)13(11)18)8-21-3-5-22(6-4-21)26(23,24)10-2-1-7-25-10/h1-2,7H,3-6,8H2. The van der Waals surface area contributed by atoms with Gasteiger partial charge in [0.15, 0.2) is 23.3 Å². The minimum absolute atomic E-state index is 0.0512. The van der Waals surface area contributed by atoms with Crippen molar-refractivity contribution in [2.75, 3.05) is 26.2 Å². The van der Waals surface area contributed by atoms with Crippen molar-refractivity contribution in [1.82, 2.24) is 9.21 Å². The minimum atomic E-state index is -3.64. The number of hydrogen-bond donors (Lipinski definition) is 0. The number of benzene rings is 1. The van der Waals surface area contributed by atoms with Gasteiger partial charge in [-0.25, -0.2) is 30.4 Å². The quantitative estimate of drug-likeness (QED) is 0.441. The Morgan fingerprint density at radius 2 is 1.42 bits per heavy atom. The predicted molar refractivity (Wildman–Crippen MR) is 84.6 cm³/mol. The van der Waals surface area contributed by atoms with Gasteiger partial charge < -0.3 is 0 Å². The molecule has 1 aliphatic heterocycles. The van der Waals surface area contributed by atoms with Gasteiger partial charge in [-0.2, -0.15) is 4.31 Å². The Bertz CT molecular complexity index is 882. The van der Waals surface area contributed by atoms with E-state index in [0.29, 0.717) is 0 Å². The molecule has 4 nitrogen and oxygen atoms in total. The maximum atomic E-state index is 13.8. The zero-order valence-corrected chi connectivity index (χ0v) is 14.8. The summed E-state index contributed by atoms with van der Waals surface area (Å²) < 4.78 is 93.4. The zero-order chi connectivity index (χ0) is 19.1. The van der Waals surface area contributed by atoms with E-state index in [2.05, 4.69) is 0 Å². The summed E-state index contributed by atoms with van der Waals surface area (Å²) in [6.45, 7) is -0.196. The summed E-state index contributed by atoms with van der Waals surface area (Å²) in [5.74, 6) is -9.91. The van der Waals surface area contributed by atoms with Crippen LogP contribution in [0.25, 0.3) is 0 Å². The molecule has 0 bridgehead atoms. The van der Waals surface area contributed by atoms with Crippen molar-refractivity contribution >= 4 is 21.4 Å². The first-order valence-corrected chi connectivity index (χ1v) is 9.81. The lowest BCUT2D eigenvalue weighted by atomic mass is 10.1. The number of rotatable bonds is 4. The van der Waals surface area contributed by atoms with E-state index in [4.69, 9.17) is 0 Å². The highest BCUT2D eigenvalue weighted by Crippen LogP contribution is 2.26. The molecule has 0 N–H and O–H groups in total. The summed E-state index contributed by atoms with van der Waals surface area (Å²) in [6, 6.07) is 3.08. The van der Waals surface area contributed by atoms with Crippen LogP contribution >= 0.6 is 11.3 Å². The summed E-state index contributed by atoms with van der Waals surface area (Å²) in [4.78, 5) is 1.44. The van der Waals surface area contributed by atoms with Gasteiger partial charge in [0.05, 0.1) is 0 Å². The smallest absolute Gasteiger partial charge is 0.252 e. The molecule has 1 saturated heterocycles. The molecule has 0 spiro atoms. The van der Waals surface area contributed by atoms with Crippen molar-refractivity contribution in [3.8, 4) is 0 Å². The number of piperazine rings is 1. The third-order valence-corrected chi connectivity index (χ3v) is 7.37. The highest BCUT2D eigenvalue weighted by atomic mass is 32.2. The van der Waals surface area contributed by atoms with Crippen molar-refractivity contribution in [2.24, 2.45) is 0 Å². The van der Waals surface area contributed by atoms with Crippen LogP contribution in [0.1, 0.15) is 5.56 Å². The highest BCUT2D eigenvalue weighted by Gasteiger charge is 2.31. The van der Waals surface area contributed by atoms with E-state index in [1.165, 1.54) is 15.3 Å². The Morgan fingerprint density at radius 1 is 0.885 bits per heavy atom. The summed E-state index contributed by atoms with van der Waals surface area (Å²) in [5, 5.41) is 1.63. The van der Waals surface area contributed by atoms with Crippen LogP contribution in [0.5, 0.6) is 0 Å². The van der Waals surface area contributed by atoms with E-state index in [1.807, 2.05) is 0 Å². The fourth-order valence-electron chi connectivity index (χ4n) is 2.68. The molecule has 1 aromatic heterocycles. The Morgan fingerprint density at radius 3 is 1.92 bits per heavy atom. The molecule has 0 amide bonds. The average molecular weight is 412 g/mol. The lowest BCUT2D eigenvalue weighted by Gasteiger charge is -2.33. The maximum Gasteiger partial charge on any atom is 0.252 e. The van der Waals surface area contributed by atoms with Gasteiger partial charge in [-0.1, -0.05) is 6.07 Å². The van der Waals surface area contributed by atoms with Gasteiger partial charge in [0, 0.05) is 38.3 Å². The van der Waals surface area contributed by atoms with E-state index >= 15 is 0 Å².